The molecule has 1 aromatic carbocycles. The van der Waals surface area contributed by atoms with Crippen molar-refractivity contribution in [2.75, 3.05) is 6.26 Å². The van der Waals surface area contributed by atoms with Crippen molar-refractivity contribution in [2.24, 2.45) is 0 Å². The number of fused-ring (bicyclic) bond motifs is 1. The van der Waals surface area contributed by atoms with Crippen LogP contribution >= 0.6 is 15.9 Å². The molecule has 0 bridgehead atoms. The Morgan fingerprint density at radius 3 is 2.79 bits per heavy atom. The van der Waals surface area contributed by atoms with E-state index >= 15 is 0 Å². The predicted molar refractivity (Wildman–Crippen MR) is 57.7 cm³/mol. The Morgan fingerprint density at radius 2 is 2.14 bits per heavy atom. The quantitative estimate of drug-likeness (QED) is 0.794. The lowest BCUT2D eigenvalue weighted by atomic mass is 10.3. The van der Waals surface area contributed by atoms with Crippen molar-refractivity contribution < 1.29 is 8.42 Å². The van der Waals surface area contributed by atoms with Crippen LogP contribution in [0.25, 0.3) is 10.9 Å². The first-order valence-electron chi connectivity index (χ1n) is 3.82. The molecule has 2 rings (SSSR count). The van der Waals surface area contributed by atoms with Gasteiger partial charge in [-0.15, -0.1) is 0 Å². The number of hydrogen-bond donors (Lipinski definition) is 0. The van der Waals surface area contributed by atoms with Gasteiger partial charge in [0.05, 0.1) is 18.0 Å². The number of hydrogen-bond acceptors (Lipinski definition) is 3. The summed E-state index contributed by atoms with van der Waals surface area (Å²) in [6, 6.07) is 5.32. The van der Waals surface area contributed by atoms with Crippen LogP contribution in [0.5, 0.6) is 0 Å². The van der Waals surface area contributed by atoms with E-state index in [1.54, 1.807) is 12.1 Å². The second kappa shape index (κ2) is 3.06. The van der Waals surface area contributed by atoms with Crippen LogP contribution in [-0.4, -0.2) is 23.9 Å². The van der Waals surface area contributed by atoms with Gasteiger partial charge in [-0.1, -0.05) is 15.9 Å². The Morgan fingerprint density at radius 1 is 1.43 bits per heavy atom. The van der Waals surface area contributed by atoms with Crippen molar-refractivity contribution in [2.45, 2.75) is 0 Å². The Balaban J connectivity index is 2.83. The first kappa shape index (κ1) is 9.67. The van der Waals surface area contributed by atoms with E-state index < -0.39 is 10.0 Å². The van der Waals surface area contributed by atoms with Gasteiger partial charge in [0.25, 0.3) is 10.0 Å². The molecule has 74 valence electrons. The van der Waals surface area contributed by atoms with Crippen molar-refractivity contribution in [3.8, 4) is 0 Å². The van der Waals surface area contributed by atoms with E-state index in [1.807, 2.05) is 6.07 Å². The highest BCUT2D eigenvalue weighted by Crippen LogP contribution is 2.19. The molecule has 0 spiro atoms. The molecular formula is C8H7BrN2O2S. The summed E-state index contributed by atoms with van der Waals surface area (Å²) in [5, 5.41) is 4.61. The summed E-state index contributed by atoms with van der Waals surface area (Å²) in [7, 11) is -3.31. The molecule has 0 aliphatic rings. The van der Waals surface area contributed by atoms with Crippen molar-refractivity contribution >= 4 is 36.9 Å². The first-order chi connectivity index (χ1) is 6.48. The molecule has 0 unspecified atom stereocenters. The second-order valence-electron chi connectivity index (χ2n) is 2.95. The fourth-order valence-corrected chi connectivity index (χ4v) is 2.36. The Labute approximate surface area is 89.7 Å². The molecule has 14 heavy (non-hydrogen) atoms. The van der Waals surface area contributed by atoms with E-state index in [-0.39, 0.29) is 0 Å². The monoisotopic (exact) mass is 274 g/mol. The maximum absolute atomic E-state index is 11.3. The minimum absolute atomic E-state index is 0.593. The Kier molecular flexibility index (Phi) is 2.11. The highest BCUT2D eigenvalue weighted by atomic mass is 79.9. The van der Waals surface area contributed by atoms with E-state index in [1.165, 1.54) is 6.20 Å². The average Bonchev–Trinajstić information content (AvgIpc) is 2.45. The minimum Gasteiger partial charge on any atom is -0.205 e. The van der Waals surface area contributed by atoms with Crippen molar-refractivity contribution in [3.63, 3.8) is 0 Å². The molecule has 1 aromatic heterocycles. The van der Waals surface area contributed by atoms with E-state index in [0.29, 0.717) is 5.52 Å². The smallest absolute Gasteiger partial charge is 0.205 e. The Bertz CT molecular complexity index is 588. The maximum atomic E-state index is 11.3. The van der Waals surface area contributed by atoms with Gasteiger partial charge in [0.2, 0.25) is 0 Å². The zero-order valence-corrected chi connectivity index (χ0v) is 9.71. The molecule has 0 fully saturated rings. The minimum atomic E-state index is -3.31. The van der Waals surface area contributed by atoms with Crippen LogP contribution in [0.4, 0.5) is 0 Å². The molecule has 2 aromatic rings. The number of halogens is 1. The van der Waals surface area contributed by atoms with Gasteiger partial charge in [0.15, 0.2) is 0 Å². The van der Waals surface area contributed by atoms with Gasteiger partial charge < -0.3 is 0 Å². The number of rotatable bonds is 1. The third kappa shape index (κ3) is 1.55. The first-order valence-corrected chi connectivity index (χ1v) is 6.46. The molecular weight excluding hydrogens is 268 g/mol. The fraction of sp³-hybridized carbons (Fsp3) is 0.125. The van der Waals surface area contributed by atoms with Gasteiger partial charge in [-0.3, -0.25) is 0 Å². The van der Waals surface area contributed by atoms with Gasteiger partial charge in [0.1, 0.15) is 0 Å². The van der Waals surface area contributed by atoms with E-state index in [2.05, 4.69) is 21.0 Å². The summed E-state index contributed by atoms with van der Waals surface area (Å²) in [5.74, 6) is 0. The maximum Gasteiger partial charge on any atom is 0.251 e. The topological polar surface area (TPSA) is 52.0 Å². The lowest BCUT2D eigenvalue weighted by molar-refractivity contribution is 0.588. The summed E-state index contributed by atoms with van der Waals surface area (Å²) < 4.78 is 24.5. The molecule has 6 heteroatoms. The number of nitrogens with zero attached hydrogens (tertiary/aromatic N) is 2. The molecule has 0 aliphatic heterocycles. The van der Waals surface area contributed by atoms with Crippen molar-refractivity contribution in [1.29, 1.82) is 0 Å². The van der Waals surface area contributed by atoms with Crippen LogP contribution in [-0.2, 0) is 10.0 Å². The molecule has 0 saturated carbocycles. The molecule has 0 atom stereocenters. The zero-order valence-electron chi connectivity index (χ0n) is 7.31. The van der Waals surface area contributed by atoms with Crippen LogP contribution in [0.2, 0.25) is 0 Å². The van der Waals surface area contributed by atoms with Crippen LogP contribution < -0.4 is 0 Å². The largest absolute Gasteiger partial charge is 0.251 e. The summed E-state index contributed by atoms with van der Waals surface area (Å²) in [6.07, 6.45) is 2.66. The van der Waals surface area contributed by atoms with E-state index in [0.717, 1.165) is 20.2 Å². The predicted octanol–water partition coefficient (Wildman–Crippen LogP) is 1.61. The van der Waals surface area contributed by atoms with Crippen LogP contribution in [0.1, 0.15) is 0 Å². The molecule has 0 aliphatic carbocycles. The standard InChI is InChI=1S/C8H7BrN2O2S/c1-14(12,13)11-8-3-2-7(9)4-6(8)5-10-11/h2-5H,1H3. The third-order valence-corrected chi connectivity index (χ3v) is 3.22. The van der Waals surface area contributed by atoms with Gasteiger partial charge in [-0.2, -0.15) is 9.19 Å². The highest BCUT2D eigenvalue weighted by Gasteiger charge is 2.10. The van der Waals surface area contributed by atoms with Crippen LogP contribution in [0.3, 0.4) is 0 Å². The van der Waals surface area contributed by atoms with Gasteiger partial charge >= 0.3 is 0 Å². The summed E-state index contributed by atoms with van der Waals surface area (Å²) >= 11 is 3.31. The second-order valence-corrected chi connectivity index (χ2v) is 5.68. The molecule has 0 amide bonds. The van der Waals surface area contributed by atoms with Gasteiger partial charge in [-0.25, -0.2) is 8.42 Å². The molecule has 4 nitrogen and oxygen atoms in total. The highest BCUT2D eigenvalue weighted by molar-refractivity contribution is 9.10. The summed E-state index contributed by atoms with van der Waals surface area (Å²) in [4.78, 5) is 0. The lowest BCUT2D eigenvalue weighted by Crippen LogP contribution is -2.10. The van der Waals surface area contributed by atoms with E-state index in [4.69, 9.17) is 0 Å². The van der Waals surface area contributed by atoms with Crippen LogP contribution in [0.15, 0.2) is 28.9 Å². The normalized spacial score (nSPS) is 12.1. The van der Waals surface area contributed by atoms with Gasteiger partial charge in [0, 0.05) is 9.86 Å². The summed E-state index contributed by atoms with van der Waals surface area (Å²) in [6.45, 7) is 0. The van der Waals surface area contributed by atoms with Gasteiger partial charge in [-0.05, 0) is 18.2 Å². The fourth-order valence-electron chi connectivity index (χ4n) is 1.24. The van der Waals surface area contributed by atoms with Crippen LogP contribution in [0, 0.1) is 0 Å². The van der Waals surface area contributed by atoms with Crippen molar-refractivity contribution in [1.82, 2.24) is 9.19 Å². The zero-order chi connectivity index (χ0) is 10.3. The molecule has 0 radical (unpaired) electrons. The molecule has 0 N–H and O–H groups in total. The number of benzene rings is 1. The lowest BCUT2D eigenvalue weighted by Gasteiger charge is -1.98. The third-order valence-electron chi connectivity index (χ3n) is 1.81. The van der Waals surface area contributed by atoms with E-state index in [9.17, 15) is 8.42 Å². The summed E-state index contributed by atoms with van der Waals surface area (Å²) in [5.41, 5.74) is 0.593. The molecule has 1 heterocycles. The SMILES string of the molecule is CS(=O)(=O)n1ncc2cc(Br)ccc21. The Hall–Kier alpha value is -0.880. The van der Waals surface area contributed by atoms with Crippen molar-refractivity contribution in [3.05, 3.63) is 28.9 Å². The number of aromatic nitrogens is 2. The molecule has 0 saturated heterocycles. The average molecular weight is 275 g/mol.